The van der Waals surface area contributed by atoms with E-state index >= 15 is 0 Å². The number of rotatable bonds is 2. The van der Waals surface area contributed by atoms with Crippen molar-refractivity contribution in [3.63, 3.8) is 0 Å². The topological polar surface area (TPSA) is 56.3 Å². The van der Waals surface area contributed by atoms with Crippen molar-refractivity contribution < 1.29 is 0 Å². The molecule has 2 fully saturated rings. The Morgan fingerprint density at radius 3 is 1.27 bits per heavy atom. The summed E-state index contributed by atoms with van der Waals surface area (Å²) in [6.07, 6.45) is 0. The standard InChI is InChI=1S/2C9H15N3S/c2*1-7-8(2)13-9(11-7)12-5-3-10-4-6-12/h2*10H,3-6H2,1-2H3. The van der Waals surface area contributed by atoms with E-state index < -0.39 is 0 Å². The van der Waals surface area contributed by atoms with Crippen molar-refractivity contribution in [3.8, 4) is 0 Å². The van der Waals surface area contributed by atoms with E-state index in [-0.39, 0.29) is 0 Å². The number of nitrogens with one attached hydrogen (secondary N) is 2. The first-order valence-corrected chi connectivity index (χ1v) is 11.0. The molecule has 0 saturated carbocycles. The van der Waals surface area contributed by atoms with Crippen LogP contribution in [0.25, 0.3) is 0 Å². The summed E-state index contributed by atoms with van der Waals surface area (Å²) >= 11 is 3.62. The third-order valence-electron chi connectivity index (χ3n) is 4.81. The number of nitrogens with zero attached hydrogens (tertiary/aromatic N) is 4. The number of thiazole rings is 2. The minimum absolute atomic E-state index is 1.08. The Hall–Kier alpha value is -1.22. The van der Waals surface area contributed by atoms with Gasteiger partial charge in [0.15, 0.2) is 10.3 Å². The smallest absolute Gasteiger partial charge is 0.185 e. The van der Waals surface area contributed by atoms with Crippen LogP contribution in [-0.4, -0.2) is 62.3 Å². The highest BCUT2D eigenvalue weighted by atomic mass is 32.1. The highest BCUT2D eigenvalue weighted by Crippen LogP contribution is 2.25. The number of aryl methyl sites for hydroxylation is 4. The van der Waals surface area contributed by atoms with Gasteiger partial charge in [-0.25, -0.2) is 9.97 Å². The summed E-state index contributed by atoms with van der Waals surface area (Å²) in [4.78, 5) is 16.5. The van der Waals surface area contributed by atoms with Crippen LogP contribution in [0.2, 0.25) is 0 Å². The highest BCUT2D eigenvalue weighted by molar-refractivity contribution is 7.16. The van der Waals surface area contributed by atoms with E-state index in [9.17, 15) is 0 Å². The van der Waals surface area contributed by atoms with Gasteiger partial charge < -0.3 is 20.4 Å². The van der Waals surface area contributed by atoms with Gasteiger partial charge >= 0.3 is 0 Å². The molecule has 0 amide bonds. The second-order valence-corrected chi connectivity index (χ2v) is 9.11. The fourth-order valence-electron chi connectivity index (χ4n) is 2.89. The second-order valence-electron chi connectivity index (χ2n) is 6.75. The summed E-state index contributed by atoms with van der Waals surface area (Å²) < 4.78 is 0. The summed E-state index contributed by atoms with van der Waals surface area (Å²) in [6, 6.07) is 0. The normalized spacial score (nSPS) is 17.8. The van der Waals surface area contributed by atoms with Gasteiger partial charge in [0.25, 0.3) is 0 Å². The van der Waals surface area contributed by atoms with Gasteiger partial charge in [-0.2, -0.15) is 0 Å². The van der Waals surface area contributed by atoms with E-state index in [2.05, 4.69) is 58.1 Å². The molecule has 0 radical (unpaired) electrons. The fourth-order valence-corrected chi connectivity index (χ4v) is 4.82. The molecule has 2 aliphatic heterocycles. The van der Waals surface area contributed by atoms with E-state index in [1.54, 1.807) is 0 Å². The molecular formula is C18H30N6S2. The summed E-state index contributed by atoms with van der Waals surface area (Å²) in [5.74, 6) is 0. The molecule has 0 aliphatic carbocycles. The van der Waals surface area contributed by atoms with Crippen LogP contribution in [-0.2, 0) is 0 Å². The third-order valence-corrected chi connectivity index (χ3v) is 7.08. The van der Waals surface area contributed by atoms with Crippen molar-refractivity contribution in [2.24, 2.45) is 0 Å². The van der Waals surface area contributed by atoms with Crippen molar-refractivity contribution >= 4 is 32.9 Å². The maximum absolute atomic E-state index is 4.55. The fraction of sp³-hybridized carbons (Fsp3) is 0.667. The Labute approximate surface area is 164 Å². The molecule has 2 aliphatic rings. The number of piperazine rings is 2. The first-order valence-electron chi connectivity index (χ1n) is 9.34. The predicted molar refractivity (Wildman–Crippen MR) is 113 cm³/mol. The SMILES string of the molecule is Cc1nc(N2CCNCC2)sc1C.Cc1nc(N2CCNCC2)sc1C. The lowest BCUT2D eigenvalue weighted by Crippen LogP contribution is -2.43. The van der Waals surface area contributed by atoms with Crippen molar-refractivity contribution in [1.82, 2.24) is 20.6 Å². The molecule has 2 N–H and O–H groups in total. The summed E-state index contributed by atoms with van der Waals surface area (Å²) in [7, 11) is 0. The van der Waals surface area contributed by atoms with Crippen LogP contribution in [0.4, 0.5) is 10.3 Å². The Bertz CT molecular complexity index is 599. The molecule has 26 heavy (non-hydrogen) atoms. The first kappa shape index (κ1) is 19.5. The second kappa shape index (κ2) is 9.12. The average molecular weight is 395 g/mol. The van der Waals surface area contributed by atoms with Crippen molar-refractivity contribution in [3.05, 3.63) is 21.1 Å². The third kappa shape index (κ3) is 4.94. The zero-order valence-electron chi connectivity index (χ0n) is 16.3. The molecule has 6 nitrogen and oxygen atoms in total. The summed E-state index contributed by atoms with van der Waals surface area (Å²) in [5, 5.41) is 9.06. The largest absolute Gasteiger partial charge is 0.346 e. The zero-order chi connectivity index (χ0) is 18.5. The predicted octanol–water partition coefficient (Wildman–Crippen LogP) is 2.34. The van der Waals surface area contributed by atoms with Crippen LogP contribution in [0.1, 0.15) is 21.1 Å². The lowest BCUT2D eigenvalue weighted by Gasteiger charge is -2.26. The van der Waals surface area contributed by atoms with Gasteiger partial charge in [-0.05, 0) is 27.7 Å². The Morgan fingerprint density at radius 1 is 0.654 bits per heavy atom. The molecule has 8 heteroatoms. The van der Waals surface area contributed by atoms with Crippen LogP contribution < -0.4 is 20.4 Å². The molecule has 0 unspecified atom stereocenters. The molecule has 144 valence electrons. The lowest BCUT2D eigenvalue weighted by atomic mass is 10.4. The molecule has 0 spiro atoms. The molecule has 2 aromatic heterocycles. The number of hydrogen-bond acceptors (Lipinski definition) is 8. The molecular weight excluding hydrogens is 364 g/mol. The average Bonchev–Trinajstić information content (AvgIpc) is 3.19. The van der Waals surface area contributed by atoms with Crippen LogP contribution in [0.3, 0.4) is 0 Å². The number of hydrogen-bond donors (Lipinski definition) is 2. The first-order chi connectivity index (χ1) is 12.5. The number of aromatic nitrogens is 2. The summed E-state index contributed by atoms with van der Waals surface area (Å²) in [6.45, 7) is 17.1. The van der Waals surface area contributed by atoms with Gasteiger partial charge in [0, 0.05) is 62.1 Å². The van der Waals surface area contributed by atoms with E-state index in [4.69, 9.17) is 0 Å². The molecule has 4 rings (SSSR count). The van der Waals surface area contributed by atoms with Gasteiger partial charge in [0.2, 0.25) is 0 Å². The monoisotopic (exact) mass is 394 g/mol. The Kier molecular flexibility index (Phi) is 6.86. The van der Waals surface area contributed by atoms with Crippen molar-refractivity contribution in [2.45, 2.75) is 27.7 Å². The minimum Gasteiger partial charge on any atom is -0.346 e. The van der Waals surface area contributed by atoms with Crippen molar-refractivity contribution in [1.29, 1.82) is 0 Å². The maximum Gasteiger partial charge on any atom is 0.185 e. The van der Waals surface area contributed by atoms with E-state index in [1.165, 1.54) is 31.4 Å². The van der Waals surface area contributed by atoms with Crippen LogP contribution in [0.5, 0.6) is 0 Å². The number of anilines is 2. The van der Waals surface area contributed by atoms with E-state index in [0.717, 1.165) is 52.4 Å². The van der Waals surface area contributed by atoms with Gasteiger partial charge in [-0.1, -0.05) is 0 Å². The molecule has 2 aromatic rings. The molecule has 2 saturated heterocycles. The zero-order valence-corrected chi connectivity index (χ0v) is 17.9. The van der Waals surface area contributed by atoms with Crippen LogP contribution >= 0.6 is 22.7 Å². The molecule has 4 heterocycles. The highest BCUT2D eigenvalue weighted by Gasteiger charge is 2.15. The van der Waals surface area contributed by atoms with Gasteiger partial charge in [-0.3, -0.25) is 0 Å². The van der Waals surface area contributed by atoms with Crippen molar-refractivity contribution in [2.75, 3.05) is 62.2 Å². The van der Waals surface area contributed by atoms with E-state index in [1.807, 2.05) is 22.7 Å². The lowest BCUT2D eigenvalue weighted by molar-refractivity contribution is 0.588. The molecule has 0 atom stereocenters. The van der Waals surface area contributed by atoms with Crippen LogP contribution in [0.15, 0.2) is 0 Å². The molecule has 0 aromatic carbocycles. The van der Waals surface area contributed by atoms with Gasteiger partial charge in [0.05, 0.1) is 11.4 Å². The summed E-state index contributed by atoms with van der Waals surface area (Å²) in [5.41, 5.74) is 2.36. The maximum atomic E-state index is 4.55. The quantitative estimate of drug-likeness (QED) is 0.815. The van der Waals surface area contributed by atoms with Gasteiger partial charge in [0.1, 0.15) is 0 Å². The molecule has 0 bridgehead atoms. The van der Waals surface area contributed by atoms with Gasteiger partial charge in [-0.15, -0.1) is 22.7 Å². The van der Waals surface area contributed by atoms with Crippen LogP contribution in [0, 0.1) is 27.7 Å². The minimum atomic E-state index is 1.08. The Balaban J connectivity index is 0.000000151. The Morgan fingerprint density at radius 2 is 1.00 bits per heavy atom. The van der Waals surface area contributed by atoms with E-state index in [0.29, 0.717) is 0 Å².